The van der Waals surface area contributed by atoms with Crippen molar-refractivity contribution in [1.29, 1.82) is 0 Å². The molecule has 1 fully saturated rings. The number of unbranched alkanes of at least 4 members (excludes halogenated alkanes) is 1. The fourth-order valence-electron chi connectivity index (χ4n) is 3.08. The molecule has 0 aromatic carbocycles. The van der Waals surface area contributed by atoms with Crippen LogP contribution >= 0.6 is 25.3 Å². The van der Waals surface area contributed by atoms with E-state index in [1.165, 1.54) is 6.33 Å². The summed E-state index contributed by atoms with van der Waals surface area (Å²) >= 11 is 8.94. The minimum absolute atomic E-state index is 0.137. The first kappa shape index (κ1) is 18.7. The highest BCUT2D eigenvalue weighted by Crippen LogP contribution is 2.37. The lowest BCUT2D eigenvalue weighted by Gasteiger charge is -2.19. The smallest absolute Gasteiger partial charge is 0.167 e. The highest BCUT2D eigenvalue weighted by Gasteiger charge is 2.37. The van der Waals surface area contributed by atoms with Gasteiger partial charge in [-0.1, -0.05) is 6.42 Å². The summed E-state index contributed by atoms with van der Waals surface area (Å²) in [5.74, 6) is 1.80. The van der Waals surface area contributed by atoms with Crippen LogP contribution in [0, 0.1) is 0 Å². The number of aliphatic hydroxyl groups excluding tert-OH is 2. The second-order valence-electron chi connectivity index (χ2n) is 6.12. The monoisotopic (exact) mass is 385 g/mol. The van der Waals surface area contributed by atoms with Gasteiger partial charge in [-0.05, 0) is 18.6 Å². The Bertz CT molecular complexity index is 728. The molecule has 1 aliphatic heterocycles. The van der Waals surface area contributed by atoms with Crippen LogP contribution in [0.2, 0.25) is 0 Å². The third-order valence-corrected chi connectivity index (χ3v) is 5.19. The first-order chi connectivity index (χ1) is 12.1. The number of rotatable bonds is 7. The first-order valence-corrected chi connectivity index (χ1v) is 9.43. The number of nitrogens with zero attached hydrogens (tertiary/aromatic N) is 4. The second kappa shape index (κ2) is 8.09. The Kier molecular flexibility index (Phi) is 6.05. The van der Waals surface area contributed by atoms with Crippen molar-refractivity contribution in [2.45, 2.75) is 49.4 Å². The van der Waals surface area contributed by atoms with Crippen LogP contribution in [0.4, 0.5) is 5.82 Å². The molecule has 25 heavy (non-hydrogen) atoms. The molecule has 138 valence electrons. The maximum absolute atomic E-state index is 10.1. The summed E-state index contributed by atoms with van der Waals surface area (Å²) in [5, 5.41) is 19.3. The van der Waals surface area contributed by atoms with Crippen LogP contribution in [0.1, 0.15) is 43.0 Å². The van der Waals surface area contributed by atoms with Crippen molar-refractivity contribution in [3.8, 4) is 0 Å². The van der Waals surface area contributed by atoms with Gasteiger partial charge in [0.05, 0.1) is 18.0 Å². The molecule has 8 nitrogen and oxygen atoms in total. The van der Waals surface area contributed by atoms with Gasteiger partial charge in [0.1, 0.15) is 24.5 Å². The lowest BCUT2D eigenvalue weighted by atomic mass is 10.1. The van der Waals surface area contributed by atoms with Gasteiger partial charge in [0.2, 0.25) is 0 Å². The molecule has 0 saturated carbocycles. The van der Waals surface area contributed by atoms with Gasteiger partial charge in [0.25, 0.3) is 0 Å². The number of nitrogens with two attached hydrogens (primary N) is 1. The van der Waals surface area contributed by atoms with Crippen molar-refractivity contribution in [2.24, 2.45) is 0 Å². The normalized spacial score (nSPS) is 24.9. The summed E-state index contributed by atoms with van der Waals surface area (Å²) in [7, 11) is 0. The minimum atomic E-state index is -0.748. The fraction of sp³-hybridized carbons (Fsp3) is 0.667. The van der Waals surface area contributed by atoms with E-state index in [0.717, 1.165) is 25.0 Å². The molecule has 2 aromatic rings. The topological polar surface area (TPSA) is 119 Å². The average Bonchev–Trinajstić information content (AvgIpc) is 3.16. The summed E-state index contributed by atoms with van der Waals surface area (Å²) in [4.78, 5) is 12.9. The van der Waals surface area contributed by atoms with Gasteiger partial charge < -0.3 is 20.7 Å². The SMILES string of the molecule is Nc1ncnc2c1nc(C(S)CCCCS)n2[C@H]1CC(O)[C@@H](CO)O1. The van der Waals surface area contributed by atoms with E-state index < -0.39 is 18.4 Å². The van der Waals surface area contributed by atoms with E-state index in [2.05, 4.69) is 27.6 Å². The summed E-state index contributed by atoms with van der Waals surface area (Å²) in [6.45, 7) is -0.247. The maximum atomic E-state index is 10.1. The molecule has 2 aromatic heterocycles. The Hall–Kier alpha value is -1.07. The number of aromatic nitrogens is 4. The molecule has 10 heteroatoms. The van der Waals surface area contributed by atoms with Gasteiger partial charge in [-0.15, -0.1) is 0 Å². The first-order valence-electron chi connectivity index (χ1n) is 8.28. The van der Waals surface area contributed by atoms with E-state index in [4.69, 9.17) is 23.1 Å². The van der Waals surface area contributed by atoms with E-state index >= 15 is 0 Å². The molecule has 0 spiro atoms. The summed E-state index contributed by atoms with van der Waals surface area (Å²) in [6, 6.07) is 0. The number of imidazole rings is 1. The molecule has 4 N–H and O–H groups in total. The minimum Gasteiger partial charge on any atom is -0.394 e. The molecule has 1 saturated heterocycles. The van der Waals surface area contributed by atoms with Crippen molar-refractivity contribution in [3.63, 3.8) is 0 Å². The quantitative estimate of drug-likeness (QED) is 0.358. The number of hydrogen-bond acceptors (Lipinski definition) is 9. The summed E-state index contributed by atoms with van der Waals surface area (Å²) < 4.78 is 7.63. The standard InChI is InChI=1S/C15H23N5O3S2/c16-13-12-15(18-7-17-13)20(11-5-8(22)9(6-21)23-11)14(19-12)10(25)3-1-2-4-24/h7-11,21-22,24-25H,1-6H2,(H2,16,17,18)/t8?,9-,10?,11-/m1/s1. The van der Waals surface area contributed by atoms with Crippen molar-refractivity contribution < 1.29 is 14.9 Å². The number of ether oxygens (including phenoxy) is 1. The Labute approximate surface area is 156 Å². The summed E-state index contributed by atoms with van der Waals surface area (Å²) in [6.07, 6.45) is 2.63. The Balaban J connectivity index is 1.99. The molecule has 0 bridgehead atoms. The van der Waals surface area contributed by atoms with E-state index in [0.29, 0.717) is 23.4 Å². The largest absolute Gasteiger partial charge is 0.394 e. The lowest BCUT2D eigenvalue weighted by molar-refractivity contribution is -0.0440. The molecule has 0 radical (unpaired) electrons. The number of anilines is 1. The Morgan fingerprint density at radius 3 is 2.88 bits per heavy atom. The zero-order valence-corrected chi connectivity index (χ0v) is 15.5. The van der Waals surface area contributed by atoms with E-state index in [9.17, 15) is 10.2 Å². The predicted octanol–water partition coefficient (Wildman–Crippen LogP) is 1.12. The van der Waals surface area contributed by atoms with Gasteiger partial charge in [0, 0.05) is 6.42 Å². The van der Waals surface area contributed by atoms with Gasteiger partial charge in [0.15, 0.2) is 17.0 Å². The van der Waals surface area contributed by atoms with Crippen molar-refractivity contribution in [1.82, 2.24) is 19.5 Å². The molecule has 0 aliphatic carbocycles. The highest BCUT2D eigenvalue weighted by molar-refractivity contribution is 7.80. The van der Waals surface area contributed by atoms with Crippen LogP contribution < -0.4 is 5.73 Å². The zero-order chi connectivity index (χ0) is 18.0. The number of fused-ring (bicyclic) bond motifs is 1. The van der Waals surface area contributed by atoms with E-state index in [1.54, 1.807) is 0 Å². The number of hydrogen-bond donors (Lipinski definition) is 5. The molecule has 3 rings (SSSR count). The maximum Gasteiger partial charge on any atom is 0.167 e. The van der Waals surface area contributed by atoms with Crippen LogP contribution in [0.15, 0.2) is 6.33 Å². The average molecular weight is 386 g/mol. The van der Waals surface area contributed by atoms with Crippen molar-refractivity contribution in [3.05, 3.63) is 12.2 Å². The Morgan fingerprint density at radius 2 is 2.20 bits per heavy atom. The number of aliphatic hydroxyl groups is 2. The van der Waals surface area contributed by atoms with Crippen LogP contribution in [-0.4, -0.2) is 54.3 Å². The van der Waals surface area contributed by atoms with Crippen LogP contribution in [0.3, 0.4) is 0 Å². The van der Waals surface area contributed by atoms with Crippen molar-refractivity contribution in [2.75, 3.05) is 18.1 Å². The molecule has 4 atom stereocenters. The fourth-order valence-corrected chi connectivity index (χ4v) is 3.67. The highest BCUT2D eigenvalue weighted by atomic mass is 32.1. The number of thiol groups is 2. The molecule has 0 amide bonds. The zero-order valence-electron chi connectivity index (χ0n) is 13.7. The van der Waals surface area contributed by atoms with E-state index in [-0.39, 0.29) is 17.7 Å². The summed E-state index contributed by atoms with van der Waals surface area (Å²) in [5.41, 5.74) is 6.99. The van der Waals surface area contributed by atoms with Crippen molar-refractivity contribution >= 4 is 42.2 Å². The molecule has 3 heterocycles. The lowest BCUT2D eigenvalue weighted by Crippen LogP contribution is -2.24. The third-order valence-electron chi connectivity index (χ3n) is 4.39. The van der Waals surface area contributed by atoms with E-state index in [1.807, 2.05) is 4.57 Å². The number of nitrogen functional groups attached to an aromatic ring is 1. The van der Waals surface area contributed by atoms with Gasteiger partial charge in [-0.3, -0.25) is 4.57 Å². The van der Waals surface area contributed by atoms with Gasteiger partial charge >= 0.3 is 0 Å². The van der Waals surface area contributed by atoms with Crippen LogP contribution in [-0.2, 0) is 4.74 Å². The predicted molar refractivity (Wildman–Crippen MR) is 101 cm³/mol. The molecular formula is C15H23N5O3S2. The molecule has 2 unspecified atom stereocenters. The second-order valence-corrected chi connectivity index (χ2v) is 7.19. The van der Waals surface area contributed by atoms with Crippen LogP contribution in [0.5, 0.6) is 0 Å². The van der Waals surface area contributed by atoms with Crippen LogP contribution in [0.25, 0.3) is 11.2 Å². The van der Waals surface area contributed by atoms with Gasteiger partial charge in [-0.2, -0.15) is 25.3 Å². The van der Waals surface area contributed by atoms with Gasteiger partial charge in [-0.25, -0.2) is 15.0 Å². The Morgan fingerprint density at radius 1 is 1.40 bits per heavy atom. The molecule has 1 aliphatic rings. The third kappa shape index (κ3) is 3.72. The molecular weight excluding hydrogens is 362 g/mol.